The highest BCUT2D eigenvalue weighted by atomic mass is 32.1. The Hall–Kier alpha value is -2.47. The lowest BCUT2D eigenvalue weighted by Crippen LogP contribution is -2.13. The molecule has 0 atom stereocenters. The number of hydrogen-bond acceptors (Lipinski definition) is 5. The van der Waals surface area contributed by atoms with Gasteiger partial charge in [0.25, 0.3) is 5.91 Å². The van der Waals surface area contributed by atoms with Crippen LogP contribution < -0.4 is 5.32 Å². The molecule has 1 N–H and O–H groups in total. The second-order valence-electron chi connectivity index (χ2n) is 4.23. The summed E-state index contributed by atoms with van der Waals surface area (Å²) in [4.78, 5) is 17.0. The van der Waals surface area contributed by atoms with Gasteiger partial charge in [-0.1, -0.05) is 11.2 Å². The van der Waals surface area contributed by atoms with Crippen LogP contribution in [0.25, 0.3) is 10.6 Å². The molecule has 3 aromatic rings. The smallest absolute Gasteiger partial charge is 0.279 e. The number of rotatable bonds is 3. The number of pyridine rings is 1. The van der Waals surface area contributed by atoms with E-state index in [1.807, 2.05) is 30.5 Å². The zero-order valence-corrected chi connectivity index (χ0v) is 11.5. The molecule has 3 aromatic heterocycles. The molecule has 0 aliphatic carbocycles. The van der Waals surface area contributed by atoms with E-state index in [1.54, 1.807) is 18.3 Å². The third kappa shape index (κ3) is 2.60. The first kappa shape index (κ1) is 12.6. The fourth-order valence-corrected chi connectivity index (χ4v) is 2.38. The van der Waals surface area contributed by atoms with Crippen LogP contribution in [-0.4, -0.2) is 16.0 Å². The largest absolute Gasteiger partial charge is 0.355 e. The van der Waals surface area contributed by atoms with Gasteiger partial charge >= 0.3 is 0 Å². The fourth-order valence-electron chi connectivity index (χ4n) is 1.70. The molecule has 0 spiro atoms. The van der Waals surface area contributed by atoms with Crippen molar-refractivity contribution < 1.29 is 9.32 Å². The first-order valence-corrected chi connectivity index (χ1v) is 6.85. The van der Waals surface area contributed by atoms with E-state index in [0.29, 0.717) is 11.6 Å². The predicted molar refractivity (Wildman–Crippen MR) is 76.7 cm³/mol. The van der Waals surface area contributed by atoms with E-state index >= 15 is 0 Å². The van der Waals surface area contributed by atoms with Crippen LogP contribution >= 0.6 is 11.3 Å². The molecular weight excluding hydrogens is 274 g/mol. The van der Waals surface area contributed by atoms with E-state index in [9.17, 15) is 4.79 Å². The van der Waals surface area contributed by atoms with Gasteiger partial charge in [0.05, 0.1) is 4.88 Å². The molecule has 0 saturated heterocycles. The minimum absolute atomic E-state index is 0.233. The average Bonchev–Trinajstić information content (AvgIpc) is 3.10. The zero-order chi connectivity index (χ0) is 13.9. The average molecular weight is 285 g/mol. The van der Waals surface area contributed by atoms with Gasteiger partial charge < -0.3 is 9.84 Å². The second kappa shape index (κ2) is 5.26. The molecule has 0 aliphatic heterocycles. The number of carbonyl (C=O) groups excluding carboxylic acids is 1. The number of aryl methyl sites for hydroxylation is 1. The summed E-state index contributed by atoms with van der Waals surface area (Å²) in [6.07, 6.45) is 1.64. The van der Waals surface area contributed by atoms with Crippen molar-refractivity contribution in [2.75, 3.05) is 5.32 Å². The van der Waals surface area contributed by atoms with Crippen LogP contribution in [0.15, 0.2) is 46.4 Å². The van der Waals surface area contributed by atoms with E-state index in [2.05, 4.69) is 15.5 Å². The predicted octanol–water partition coefficient (Wildman–Crippen LogP) is 3.36. The van der Waals surface area contributed by atoms with Crippen molar-refractivity contribution in [1.82, 2.24) is 10.1 Å². The first-order chi connectivity index (χ1) is 9.72. The number of nitrogens with one attached hydrogen (secondary N) is 1. The van der Waals surface area contributed by atoms with Crippen LogP contribution in [-0.2, 0) is 0 Å². The first-order valence-electron chi connectivity index (χ1n) is 5.97. The Kier molecular flexibility index (Phi) is 3.30. The van der Waals surface area contributed by atoms with Crippen LogP contribution in [0.3, 0.4) is 0 Å². The SMILES string of the molecule is Cc1ccnc(NC(=O)c2cc(-c3cccs3)on2)c1. The van der Waals surface area contributed by atoms with Crippen molar-refractivity contribution in [2.24, 2.45) is 0 Å². The van der Waals surface area contributed by atoms with E-state index in [0.717, 1.165) is 10.4 Å². The number of amides is 1. The number of thiophene rings is 1. The van der Waals surface area contributed by atoms with Gasteiger partial charge in [-0.05, 0) is 36.1 Å². The third-order valence-corrected chi connectivity index (χ3v) is 3.55. The Morgan fingerprint density at radius 3 is 3.00 bits per heavy atom. The molecule has 0 fully saturated rings. The van der Waals surface area contributed by atoms with Crippen LogP contribution in [0.1, 0.15) is 16.1 Å². The number of aromatic nitrogens is 2. The quantitative estimate of drug-likeness (QED) is 0.801. The van der Waals surface area contributed by atoms with Crippen LogP contribution in [0.5, 0.6) is 0 Å². The molecule has 3 heterocycles. The minimum Gasteiger partial charge on any atom is -0.355 e. The lowest BCUT2D eigenvalue weighted by atomic mass is 10.3. The highest BCUT2D eigenvalue weighted by Gasteiger charge is 2.14. The Morgan fingerprint density at radius 1 is 1.35 bits per heavy atom. The number of carbonyl (C=O) groups is 1. The highest BCUT2D eigenvalue weighted by Crippen LogP contribution is 2.25. The maximum atomic E-state index is 12.0. The maximum Gasteiger partial charge on any atom is 0.279 e. The van der Waals surface area contributed by atoms with E-state index in [4.69, 9.17) is 4.52 Å². The molecule has 0 unspecified atom stereocenters. The van der Waals surface area contributed by atoms with E-state index in [1.165, 1.54) is 11.3 Å². The third-order valence-electron chi connectivity index (χ3n) is 2.66. The summed E-state index contributed by atoms with van der Waals surface area (Å²) in [6, 6.07) is 9.10. The maximum absolute atomic E-state index is 12.0. The lowest BCUT2D eigenvalue weighted by Gasteiger charge is -2.01. The molecule has 0 bridgehead atoms. The topological polar surface area (TPSA) is 68.0 Å². The monoisotopic (exact) mass is 285 g/mol. The standard InChI is InChI=1S/C14H11N3O2S/c1-9-4-5-15-13(7-9)16-14(18)10-8-11(19-17-10)12-3-2-6-20-12/h2-8H,1H3,(H,15,16,18). The number of nitrogens with zero attached hydrogens (tertiary/aromatic N) is 2. The van der Waals surface area contributed by atoms with Gasteiger partial charge in [0.2, 0.25) is 0 Å². The van der Waals surface area contributed by atoms with Gasteiger partial charge in [0.1, 0.15) is 5.82 Å². The number of hydrogen-bond donors (Lipinski definition) is 1. The summed E-state index contributed by atoms with van der Waals surface area (Å²) in [5.41, 5.74) is 1.26. The summed E-state index contributed by atoms with van der Waals surface area (Å²) in [5, 5.41) is 8.41. The van der Waals surface area contributed by atoms with Crippen molar-refractivity contribution in [3.8, 4) is 10.6 Å². The molecular formula is C14H11N3O2S. The molecule has 0 saturated carbocycles. The van der Waals surface area contributed by atoms with Crippen molar-refractivity contribution in [3.05, 3.63) is 53.2 Å². The van der Waals surface area contributed by atoms with Crippen molar-refractivity contribution in [1.29, 1.82) is 0 Å². The Morgan fingerprint density at radius 2 is 2.25 bits per heavy atom. The Bertz CT molecular complexity index is 734. The lowest BCUT2D eigenvalue weighted by molar-refractivity contribution is 0.101. The van der Waals surface area contributed by atoms with Gasteiger partial charge in [0, 0.05) is 12.3 Å². The Balaban J connectivity index is 1.78. The molecule has 100 valence electrons. The van der Waals surface area contributed by atoms with Crippen molar-refractivity contribution >= 4 is 23.1 Å². The van der Waals surface area contributed by atoms with E-state index in [-0.39, 0.29) is 11.6 Å². The fraction of sp³-hybridized carbons (Fsp3) is 0.0714. The van der Waals surface area contributed by atoms with Gasteiger partial charge in [-0.15, -0.1) is 11.3 Å². The molecule has 0 aliphatic rings. The number of anilines is 1. The summed E-state index contributed by atoms with van der Waals surface area (Å²) in [5.74, 6) is 0.743. The Labute approximate surface area is 119 Å². The van der Waals surface area contributed by atoms with Gasteiger partial charge in [-0.2, -0.15) is 0 Å². The molecule has 0 aromatic carbocycles. The van der Waals surface area contributed by atoms with Crippen molar-refractivity contribution in [3.63, 3.8) is 0 Å². The summed E-state index contributed by atoms with van der Waals surface area (Å²) >= 11 is 1.53. The molecule has 3 rings (SSSR count). The van der Waals surface area contributed by atoms with Crippen LogP contribution in [0.2, 0.25) is 0 Å². The van der Waals surface area contributed by atoms with Gasteiger partial charge in [-0.25, -0.2) is 4.98 Å². The normalized spacial score (nSPS) is 10.4. The summed E-state index contributed by atoms with van der Waals surface area (Å²) in [7, 11) is 0. The zero-order valence-electron chi connectivity index (χ0n) is 10.7. The molecule has 6 heteroatoms. The van der Waals surface area contributed by atoms with Gasteiger partial charge in [0.15, 0.2) is 11.5 Å². The van der Waals surface area contributed by atoms with E-state index < -0.39 is 0 Å². The van der Waals surface area contributed by atoms with Crippen LogP contribution in [0.4, 0.5) is 5.82 Å². The minimum atomic E-state index is -0.338. The molecule has 20 heavy (non-hydrogen) atoms. The molecule has 5 nitrogen and oxygen atoms in total. The van der Waals surface area contributed by atoms with Gasteiger partial charge in [-0.3, -0.25) is 4.79 Å². The van der Waals surface area contributed by atoms with Crippen molar-refractivity contribution in [2.45, 2.75) is 6.92 Å². The summed E-state index contributed by atoms with van der Waals surface area (Å²) < 4.78 is 5.17. The molecule has 0 radical (unpaired) electrons. The second-order valence-corrected chi connectivity index (χ2v) is 5.17. The summed E-state index contributed by atoms with van der Waals surface area (Å²) in [6.45, 7) is 1.93. The molecule has 1 amide bonds. The van der Waals surface area contributed by atoms with Crippen LogP contribution in [0, 0.1) is 6.92 Å². The highest BCUT2D eigenvalue weighted by molar-refractivity contribution is 7.13.